The fourth-order valence-electron chi connectivity index (χ4n) is 2.95. The second-order valence-corrected chi connectivity index (χ2v) is 8.05. The van der Waals surface area contributed by atoms with E-state index >= 15 is 0 Å². The summed E-state index contributed by atoms with van der Waals surface area (Å²) in [5.74, 6) is -0.692. The van der Waals surface area contributed by atoms with Crippen LogP contribution in [0.1, 0.15) is 57.3 Å². The number of ether oxygens (including phenoxy) is 1. The second-order valence-electron chi connectivity index (χ2n) is 6.13. The molecule has 0 aliphatic heterocycles. The van der Waals surface area contributed by atoms with E-state index in [9.17, 15) is 9.59 Å². The van der Waals surface area contributed by atoms with Gasteiger partial charge < -0.3 is 10.1 Å². The number of aryl methyl sites for hydroxylation is 1. The molecule has 7 heteroatoms. The number of benzene rings is 1. The summed E-state index contributed by atoms with van der Waals surface area (Å²) in [7, 11) is 0. The van der Waals surface area contributed by atoms with Crippen LogP contribution in [0.2, 0.25) is 10.0 Å². The van der Waals surface area contributed by atoms with Crippen molar-refractivity contribution in [2.45, 2.75) is 39.0 Å². The Bertz CT molecular complexity index is 848. The van der Waals surface area contributed by atoms with Crippen molar-refractivity contribution in [1.29, 1.82) is 0 Å². The molecule has 1 aliphatic carbocycles. The minimum atomic E-state index is -0.365. The normalized spacial score (nSPS) is 13.2. The zero-order chi connectivity index (χ0) is 18.7. The Morgan fingerprint density at radius 2 is 1.96 bits per heavy atom. The van der Waals surface area contributed by atoms with Crippen LogP contribution in [0, 0.1) is 0 Å². The minimum absolute atomic E-state index is 0.312. The average molecular weight is 412 g/mol. The Morgan fingerprint density at radius 3 is 2.69 bits per heavy atom. The third kappa shape index (κ3) is 4.05. The van der Waals surface area contributed by atoms with Gasteiger partial charge in [0, 0.05) is 10.4 Å². The highest BCUT2D eigenvalue weighted by Gasteiger charge is 2.27. The summed E-state index contributed by atoms with van der Waals surface area (Å²) < 4.78 is 5.34. The number of fused-ring (bicyclic) bond motifs is 1. The molecule has 0 bridgehead atoms. The fourth-order valence-corrected chi connectivity index (χ4v) is 4.52. The average Bonchev–Trinajstić information content (AvgIpc) is 2.99. The van der Waals surface area contributed by atoms with Crippen LogP contribution in [0.5, 0.6) is 0 Å². The first-order valence-corrected chi connectivity index (χ1v) is 10.2. The van der Waals surface area contributed by atoms with E-state index in [4.69, 9.17) is 27.9 Å². The molecule has 1 aliphatic rings. The summed E-state index contributed by atoms with van der Waals surface area (Å²) in [6.45, 7) is 2.31. The highest BCUT2D eigenvalue weighted by Crippen LogP contribution is 2.39. The molecular formula is C19H19Cl2NO3S. The van der Waals surface area contributed by atoms with Gasteiger partial charge in [-0.25, -0.2) is 4.79 Å². The van der Waals surface area contributed by atoms with Crippen molar-refractivity contribution in [3.8, 4) is 0 Å². The third-order valence-electron chi connectivity index (χ3n) is 4.22. The Morgan fingerprint density at radius 1 is 1.19 bits per heavy atom. The molecule has 0 atom stereocenters. The van der Waals surface area contributed by atoms with E-state index in [1.54, 1.807) is 12.1 Å². The Balaban J connectivity index is 1.90. The number of carbonyl (C=O) groups is 2. The lowest BCUT2D eigenvalue weighted by Crippen LogP contribution is -2.16. The van der Waals surface area contributed by atoms with Crippen LogP contribution < -0.4 is 5.32 Å². The summed E-state index contributed by atoms with van der Waals surface area (Å²) in [4.78, 5) is 26.3. The number of amides is 1. The van der Waals surface area contributed by atoms with Gasteiger partial charge in [-0.3, -0.25) is 4.79 Å². The summed E-state index contributed by atoms with van der Waals surface area (Å²) in [6.07, 6.45) is 4.65. The lowest BCUT2D eigenvalue weighted by molar-refractivity contribution is 0.0505. The van der Waals surface area contributed by atoms with Crippen LogP contribution in [0.4, 0.5) is 5.00 Å². The van der Waals surface area contributed by atoms with Crippen molar-refractivity contribution < 1.29 is 14.3 Å². The maximum atomic E-state index is 12.6. The molecule has 3 rings (SSSR count). The van der Waals surface area contributed by atoms with Crippen LogP contribution >= 0.6 is 34.5 Å². The van der Waals surface area contributed by atoms with Crippen LogP contribution in [-0.2, 0) is 17.6 Å². The van der Waals surface area contributed by atoms with Crippen molar-refractivity contribution >= 4 is 51.4 Å². The highest BCUT2D eigenvalue weighted by molar-refractivity contribution is 7.17. The Hall–Kier alpha value is -1.56. The second kappa shape index (κ2) is 8.42. The zero-order valence-electron chi connectivity index (χ0n) is 14.4. The number of esters is 1. The van der Waals surface area contributed by atoms with E-state index in [1.807, 2.05) is 6.92 Å². The van der Waals surface area contributed by atoms with E-state index in [2.05, 4.69) is 5.32 Å². The van der Waals surface area contributed by atoms with Gasteiger partial charge in [0.15, 0.2) is 0 Å². The van der Waals surface area contributed by atoms with E-state index in [1.165, 1.54) is 17.4 Å². The van der Waals surface area contributed by atoms with Gasteiger partial charge in [-0.15, -0.1) is 11.3 Å². The molecule has 0 unspecified atom stereocenters. The smallest absolute Gasteiger partial charge is 0.341 e. The molecule has 1 N–H and O–H groups in total. The van der Waals surface area contributed by atoms with Crippen molar-refractivity contribution in [2.24, 2.45) is 0 Å². The van der Waals surface area contributed by atoms with Crippen LogP contribution in [0.15, 0.2) is 18.2 Å². The maximum absolute atomic E-state index is 12.6. The number of nitrogens with one attached hydrogen (secondary N) is 1. The summed E-state index contributed by atoms with van der Waals surface area (Å²) in [5.41, 5.74) is 1.91. The molecule has 0 saturated carbocycles. The van der Waals surface area contributed by atoms with Gasteiger partial charge in [0.1, 0.15) is 5.00 Å². The molecule has 0 radical (unpaired) electrons. The molecule has 26 heavy (non-hydrogen) atoms. The molecule has 1 aromatic heterocycles. The predicted molar refractivity (Wildman–Crippen MR) is 106 cm³/mol. The molecule has 138 valence electrons. The summed E-state index contributed by atoms with van der Waals surface area (Å²) in [6, 6.07) is 4.70. The zero-order valence-corrected chi connectivity index (χ0v) is 16.7. The Labute approximate surface area is 166 Å². The first-order chi connectivity index (χ1) is 12.5. The van der Waals surface area contributed by atoms with E-state index in [-0.39, 0.29) is 11.9 Å². The van der Waals surface area contributed by atoms with Crippen molar-refractivity contribution in [1.82, 2.24) is 0 Å². The molecule has 0 spiro atoms. The molecule has 1 heterocycles. The number of hydrogen-bond donors (Lipinski definition) is 1. The summed E-state index contributed by atoms with van der Waals surface area (Å²) >= 11 is 13.4. The number of thiophene rings is 1. The molecule has 1 amide bonds. The predicted octanol–water partition coefficient (Wildman–Crippen LogP) is 5.75. The first kappa shape index (κ1) is 19.2. The van der Waals surface area contributed by atoms with Gasteiger partial charge in [-0.1, -0.05) is 30.1 Å². The highest BCUT2D eigenvalue weighted by atomic mass is 35.5. The van der Waals surface area contributed by atoms with Gasteiger partial charge in [0.2, 0.25) is 0 Å². The van der Waals surface area contributed by atoms with Gasteiger partial charge in [0.25, 0.3) is 5.91 Å². The number of carbonyl (C=O) groups excluding carboxylic acids is 2. The number of halogens is 2. The molecule has 2 aromatic rings. The molecule has 4 nitrogen and oxygen atoms in total. The quantitative estimate of drug-likeness (QED) is 0.636. The van der Waals surface area contributed by atoms with Crippen LogP contribution in [-0.4, -0.2) is 18.5 Å². The number of rotatable bonds is 5. The molecule has 1 aromatic carbocycles. The minimum Gasteiger partial charge on any atom is -0.462 e. The van der Waals surface area contributed by atoms with Gasteiger partial charge in [-0.2, -0.15) is 0 Å². The molecular weight excluding hydrogens is 393 g/mol. The van der Waals surface area contributed by atoms with Gasteiger partial charge in [0.05, 0.1) is 22.2 Å². The molecule has 0 saturated heterocycles. The van der Waals surface area contributed by atoms with Gasteiger partial charge >= 0.3 is 5.97 Å². The number of hydrogen-bond acceptors (Lipinski definition) is 4. The lowest BCUT2D eigenvalue weighted by Gasteiger charge is -2.12. The monoisotopic (exact) mass is 411 g/mol. The van der Waals surface area contributed by atoms with Crippen LogP contribution in [0.25, 0.3) is 0 Å². The van der Waals surface area contributed by atoms with Crippen LogP contribution in [0.3, 0.4) is 0 Å². The fraction of sp³-hybridized carbons (Fsp3) is 0.368. The summed E-state index contributed by atoms with van der Waals surface area (Å²) in [5, 5.41) is 4.12. The SMILES string of the molecule is CCCOC(=O)c1c(NC(=O)c2ccc(Cl)c(Cl)c2)sc2c1CCCC2. The van der Waals surface area contributed by atoms with Crippen molar-refractivity contribution in [2.75, 3.05) is 11.9 Å². The van der Waals surface area contributed by atoms with E-state index in [0.29, 0.717) is 32.8 Å². The standard InChI is InChI=1S/C19H19Cl2NO3S/c1-2-9-25-19(24)16-12-5-3-4-6-15(12)26-18(16)22-17(23)11-7-8-13(20)14(21)10-11/h7-8,10H,2-6,9H2,1H3,(H,22,23). The Kier molecular flexibility index (Phi) is 6.22. The largest absolute Gasteiger partial charge is 0.462 e. The van der Waals surface area contributed by atoms with Crippen molar-refractivity contribution in [3.63, 3.8) is 0 Å². The van der Waals surface area contributed by atoms with Crippen molar-refractivity contribution in [3.05, 3.63) is 49.8 Å². The van der Waals surface area contributed by atoms with Gasteiger partial charge in [-0.05, 0) is 55.9 Å². The van der Waals surface area contributed by atoms with E-state index < -0.39 is 0 Å². The third-order valence-corrected chi connectivity index (χ3v) is 6.17. The van der Waals surface area contributed by atoms with E-state index in [0.717, 1.165) is 42.5 Å². The number of anilines is 1. The first-order valence-electron chi connectivity index (χ1n) is 8.59. The lowest BCUT2D eigenvalue weighted by atomic mass is 9.95. The maximum Gasteiger partial charge on any atom is 0.341 e. The molecule has 0 fully saturated rings. The topological polar surface area (TPSA) is 55.4 Å².